The predicted molar refractivity (Wildman–Crippen MR) is 70.0 cm³/mol. The van der Waals surface area contributed by atoms with Crippen molar-refractivity contribution in [1.82, 2.24) is 4.72 Å². The molecule has 0 saturated carbocycles. The maximum Gasteiger partial charge on any atom is 0.128 e. The van der Waals surface area contributed by atoms with Gasteiger partial charge in [-0.25, -0.2) is 9.11 Å². The van der Waals surface area contributed by atoms with Crippen molar-refractivity contribution in [1.29, 1.82) is 0 Å². The average Bonchev–Trinajstić information content (AvgIpc) is 2.36. The number of benzene rings is 1. The molecule has 1 N–H and O–H groups in total. The van der Waals surface area contributed by atoms with Gasteiger partial charge >= 0.3 is 0 Å². The molecule has 1 fully saturated rings. The van der Waals surface area contributed by atoms with Crippen LogP contribution >= 0.6 is 12.1 Å². The van der Waals surface area contributed by atoms with E-state index in [2.05, 4.69) is 9.03 Å². The molecule has 0 aromatic heterocycles. The van der Waals surface area contributed by atoms with Crippen molar-refractivity contribution >= 4 is 17.8 Å². The summed E-state index contributed by atoms with van der Waals surface area (Å²) < 4.78 is 18.5. The highest BCUT2D eigenvalue weighted by Crippen LogP contribution is 2.24. The van der Waals surface area contributed by atoms with Gasteiger partial charge in [0.1, 0.15) is 5.82 Å². The third kappa shape index (κ3) is 3.39. The van der Waals surface area contributed by atoms with E-state index in [4.69, 9.17) is 0 Å². The summed E-state index contributed by atoms with van der Waals surface area (Å²) in [5.74, 6) is -0.131. The molecule has 2 rings (SSSR count). The summed E-state index contributed by atoms with van der Waals surface area (Å²) in [6.45, 7) is 7.77. The highest BCUT2D eigenvalue weighted by molar-refractivity contribution is 7.98. The molecule has 2 nitrogen and oxygen atoms in total. The van der Waals surface area contributed by atoms with Gasteiger partial charge in [0.15, 0.2) is 0 Å². The van der Waals surface area contributed by atoms with Crippen LogP contribution in [0, 0.1) is 12.7 Å². The molecule has 90 valence electrons. The van der Waals surface area contributed by atoms with Gasteiger partial charge in [-0.05, 0) is 31.0 Å². The van der Waals surface area contributed by atoms with Crippen LogP contribution in [0.2, 0.25) is 0 Å². The highest BCUT2D eigenvalue weighted by atomic mass is 32.2. The van der Waals surface area contributed by atoms with Gasteiger partial charge in [0.25, 0.3) is 0 Å². The smallest absolute Gasteiger partial charge is 0.128 e. The molecule has 1 aromatic rings. The van der Waals surface area contributed by atoms with Crippen LogP contribution in [-0.2, 0) is 0 Å². The second-order valence-corrected chi connectivity index (χ2v) is 4.29. The van der Waals surface area contributed by atoms with Crippen molar-refractivity contribution in [3.8, 4) is 0 Å². The summed E-state index contributed by atoms with van der Waals surface area (Å²) in [5.41, 5.74) is 1.63. The van der Waals surface area contributed by atoms with Gasteiger partial charge in [0.2, 0.25) is 0 Å². The zero-order valence-electron chi connectivity index (χ0n) is 10.1. The number of hydrogen-bond acceptors (Lipinski definition) is 3. The van der Waals surface area contributed by atoms with Crippen molar-refractivity contribution in [3.05, 3.63) is 29.6 Å². The van der Waals surface area contributed by atoms with Crippen molar-refractivity contribution in [2.45, 2.75) is 27.2 Å². The molecule has 0 unspecified atom stereocenters. The first kappa shape index (κ1) is 13.3. The molecule has 0 spiro atoms. The maximum absolute atomic E-state index is 13.3. The second kappa shape index (κ2) is 6.76. The van der Waals surface area contributed by atoms with Crippen LogP contribution in [0.1, 0.15) is 25.8 Å². The minimum absolute atomic E-state index is 0.131. The topological polar surface area (TPSA) is 15.3 Å². The first-order valence-electron chi connectivity index (χ1n) is 5.71. The van der Waals surface area contributed by atoms with Crippen molar-refractivity contribution < 1.29 is 4.39 Å². The fourth-order valence-corrected chi connectivity index (χ4v) is 2.21. The number of halogens is 1. The molecule has 1 aliphatic heterocycles. The lowest BCUT2D eigenvalue weighted by molar-refractivity contribution is 0.618. The summed E-state index contributed by atoms with van der Waals surface area (Å²) in [6.07, 6.45) is 1.10. The average molecular weight is 242 g/mol. The Labute approximate surface area is 101 Å². The summed E-state index contributed by atoms with van der Waals surface area (Å²) in [4.78, 5) is 0. The molecule has 1 heterocycles. The molecule has 1 aromatic carbocycles. The van der Waals surface area contributed by atoms with Gasteiger partial charge in [0, 0.05) is 25.2 Å². The van der Waals surface area contributed by atoms with Gasteiger partial charge in [0.05, 0.1) is 5.69 Å². The van der Waals surface area contributed by atoms with Crippen LogP contribution in [0.25, 0.3) is 0 Å². The normalized spacial score (nSPS) is 15.4. The zero-order chi connectivity index (χ0) is 12.0. The quantitative estimate of drug-likeness (QED) is 0.758. The minimum Gasteiger partial charge on any atom is -0.303 e. The summed E-state index contributed by atoms with van der Waals surface area (Å²) in [6, 6.07) is 5.37. The van der Waals surface area contributed by atoms with Crippen LogP contribution in [0.4, 0.5) is 10.1 Å². The molecule has 0 bridgehead atoms. The maximum atomic E-state index is 13.3. The van der Waals surface area contributed by atoms with E-state index in [0.717, 1.165) is 25.2 Å². The van der Waals surface area contributed by atoms with Gasteiger partial charge in [-0.1, -0.05) is 19.9 Å². The summed E-state index contributed by atoms with van der Waals surface area (Å²) in [5, 5.41) is 0. The molecule has 0 radical (unpaired) electrons. The van der Waals surface area contributed by atoms with Crippen molar-refractivity contribution in [3.63, 3.8) is 0 Å². The molecule has 1 aliphatic rings. The van der Waals surface area contributed by atoms with E-state index < -0.39 is 0 Å². The SMILES string of the molecule is CC.Cc1ccc(N2CCCNS2)cc1F. The second-order valence-electron chi connectivity index (χ2n) is 3.37. The van der Waals surface area contributed by atoms with Crippen LogP contribution in [0.3, 0.4) is 0 Å². The van der Waals surface area contributed by atoms with E-state index in [1.165, 1.54) is 0 Å². The Morgan fingerprint density at radius 2 is 2.12 bits per heavy atom. The van der Waals surface area contributed by atoms with Crippen LogP contribution in [0.5, 0.6) is 0 Å². The number of nitrogens with one attached hydrogen (secondary N) is 1. The van der Waals surface area contributed by atoms with Gasteiger partial charge in [-0.2, -0.15) is 0 Å². The van der Waals surface area contributed by atoms with E-state index in [1.54, 1.807) is 25.1 Å². The lowest BCUT2D eigenvalue weighted by Gasteiger charge is -2.27. The molecule has 0 atom stereocenters. The number of hydrogen-bond donors (Lipinski definition) is 1. The van der Waals surface area contributed by atoms with Crippen molar-refractivity contribution in [2.24, 2.45) is 0 Å². The monoisotopic (exact) mass is 242 g/mol. The van der Waals surface area contributed by atoms with Gasteiger partial charge in [-0.15, -0.1) is 0 Å². The van der Waals surface area contributed by atoms with E-state index >= 15 is 0 Å². The number of anilines is 1. The highest BCUT2D eigenvalue weighted by Gasteiger charge is 2.12. The Bertz CT molecular complexity index is 325. The predicted octanol–water partition coefficient (Wildman–Crippen LogP) is 3.52. The van der Waals surface area contributed by atoms with Crippen LogP contribution in [-0.4, -0.2) is 13.1 Å². The fraction of sp³-hybridized carbons (Fsp3) is 0.500. The van der Waals surface area contributed by atoms with E-state index in [1.807, 2.05) is 26.0 Å². The Balaban J connectivity index is 0.000000606. The van der Waals surface area contributed by atoms with E-state index in [-0.39, 0.29) is 5.82 Å². The summed E-state index contributed by atoms with van der Waals surface area (Å²) >= 11 is 1.55. The van der Waals surface area contributed by atoms with Crippen LogP contribution < -0.4 is 9.03 Å². The number of rotatable bonds is 1. The molecule has 0 aliphatic carbocycles. The minimum atomic E-state index is -0.131. The zero-order valence-corrected chi connectivity index (χ0v) is 10.9. The van der Waals surface area contributed by atoms with Crippen molar-refractivity contribution in [2.75, 3.05) is 17.4 Å². The number of aryl methyl sites for hydroxylation is 1. The molecule has 16 heavy (non-hydrogen) atoms. The standard InChI is InChI=1S/C10H13FN2S.C2H6/c1-8-3-4-9(7-10(8)11)13-6-2-5-12-14-13;1-2/h3-4,7,12H,2,5-6H2,1H3;1-2H3. The molecular formula is C12H19FN2S. The first-order chi connectivity index (χ1) is 7.77. The first-order valence-corrected chi connectivity index (χ1v) is 6.48. The largest absolute Gasteiger partial charge is 0.303 e. The molecule has 4 heteroatoms. The lowest BCUT2D eigenvalue weighted by Crippen LogP contribution is -2.29. The van der Waals surface area contributed by atoms with E-state index in [9.17, 15) is 4.39 Å². The fourth-order valence-electron chi connectivity index (χ4n) is 1.38. The van der Waals surface area contributed by atoms with Gasteiger partial charge in [-0.3, -0.25) is 0 Å². The Morgan fingerprint density at radius 3 is 2.69 bits per heavy atom. The molecular weight excluding hydrogens is 223 g/mol. The molecule has 1 saturated heterocycles. The van der Waals surface area contributed by atoms with Gasteiger partial charge < -0.3 is 4.31 Å². The Kier molecular flexibility index (Phi) is 5.63. The third-order valence-corrected chi connectivity index (χ3v) is 3.21. The Hall–Kier alpha value is -0.740. The Morgan fingerprint density at radius 1 is 1.38 bits per heavy atom. The summed E-state index contributed by atoms with van der Waals surface area (Å²) in [7, 11) is 0. The number of nitrogens with zero attached hydrogens (tertiary/aromatic N) is 1. The lowest BCUT2D eigenvalue weighted by atomic mass is 10.2. The van der Waals surface area contributed by atoms with E-state index in [0.29, 0.717) is 5.56 Å². The molecule has 0 amide bonds. The van der Waals surface area contributed by atoms with Crippen LogP contribution in [0.15, 0.2) is 18.2 Å². The third-order valence-electron chi connectivity index (χ3n) is 2.26.